The zero-order chi connectivity index (χ0) is 12.9. The van der Waals surface area contributed by atoms with Crippen LogP contribution in [0.1, 0.15) is 37.2 Å². The maximum Gasteiger partial charge on any atom is 0.357 e. The molecule has 0 aliphatic heterocycles. The lowest BCUT2D eigenvalue weighted by molar-refractivity contribution is 0.0692. The summed E-state index contributed by atoms with van der Waals surface area (Å²) in [6.07, 6.45) is 4.21. The molecule has 0 aliphatic carbocycles. The average molecular weight is 274 g/mol. The molecule has 2 N–H and O–H groups in total. The van der Waals surface area contributed by atoms with E-state index in [4.69, 9.17) is 5.11 Å². The topological polar surface area (TPSA) is 62.2 Å². The third kappa shape index (κ3) is 3.35. The number of hydrogen-bond acceptors (Lipinski definition) is 5. The molecular formula is C11H18N2O2S2. The highest BCUT2D eigenvalue weighted by molar-refractivity contribution is 8.00. The van der Waals surface area contributed by atoms with Crippen LogP contribution in [0.4, 0.5) is 5.00 Å². The summed E-state index contributed by atoms with van der Waals surface area (Å²) in [5.74, 6) is -0.975. The van der Waals surface area contributed by atoms with Crippen LogP contribution in [0, 0.1) is 0 Å². The third-order valence-electron chi connectivity index (χ3n) is 3.06. The van der Waals surface area contributed by atoms with Gasteiger partial charge in [0.1, 0.15) is 5.00 Å². The lowest BCUT2D eigenvalue weighted by Gasteiger charge is -2.29. The van der Waals surface area contributed by atoms with Crippen molar-refractivity contribution in [1.82, 2.24) is 4.98 Å². The number of nitrogens with zero attached hydrogens (tertiary/aromatic N) is 1. The number of thioether (sulfide) groups is 1. The highest BCUT2D eigenvalue weighted by atomic mass is 32.2. The van der Waals surface area contributed by atoms with Gasteiger partial charge in [0.05, 0.1) is 5.51 Å². The number of rotatable bonds is 7. The van der Waals surface area contributed by atoms with E-state index in [1.807, 2.05) is 11.8 Å². The first-order valence-electron chi connectivity index (χ1n) is 5.54. The van der Waals surface area contributed by atoms with Gasteiger partial charge in [-0.2, -0.15) is 11.8 Å². The Balaban J connectivity index is 2.72. The lowest BCUT2D eigenvalue weighted by Crippen LogP contribution is -2.32. The molecule has 1 rings (SSSR count). The maximum absolute atomic E-state index is 10.9. The summed E-state index contributed by atoms with van der Waals surface area (Å²) in [6, 6.07) is 0. The molecule has 0 fully saturated rings. The predicted molar refractivity (Wildman–Crippen MR) is 74.4 cm³/mol. The molecule has 1 heterocycles. The van der Waals surface area contributed by atoms with Crippen LogP contribution in [-0.4, -0.2) is 33.6 Å². The molecule has 1 aromatic rings. The quantitative estimate of drug-likeness (QED) is 0.799. The van der Waals surface area contributed by atoms with Crippen molar-refractivity contribution >= 4 is 34.1 Å². The van der Waals surface area contributed by atoms with E-state index in [0.717, 1.165) is 19.4 Å². The Hall–Kier alpha value is -0.750. The average Bonchev–Trinajstić information content (AvgIpc) is 2.80. The first kappa shape index (κ1) is 14.3. The molecule has 0 spiro atoms. The molecule has 0 saturated carbocycles. The number of carboxylic acids is 1. The number of nitrogens with one attached hydrogen (secondary N) is 1. The monoisotopic (exact) mass is 274 g/mol. The van der Waals surface area contributed by atoms with E-state index in [1.54, 1.807) is 5.51 Å². The minimum Gasteiger partial charge on any atom is -0.476 e. The molecule has 0 radical (unpaired) electrons. The van der Waals surface area contributed by atoms with Crippen molar-refractivity contribution in [3.05, 3.63) is 11.2 Å². The van der Waals surface area contributed by atoms with Crippen molar-refractivity contribution in [1.29, 1.82) is 0 Å². The zero-order valence-electron chi connectivity index (χ0n) is 10.3. The van der Waals surface area contributed by atoms with Gasteiger partial charge in [-0.3, -0.25) is 0 Å². The Morgan fingerprint density at radius 1 is 1.59 bits per heavy atom. The highest BCUT2D eigenvalue weighted by Crippen LogP contribution is 2.31. The van der Waals surface area contributed by atoms with E-state index in [-0.39, 0.29) is 10.4 Å². The molecule has 6 heteroatoms. The molecular weight excluding hydrogens is 256 g/mol. The van der Waals surface area contributed by atoms with Gasteiger partial charge in [0.25, 0.3) is 0 Å². The van der Waals surface area contributed by atoms with Crippen molar-refractivity contribution in [2.45, 2.75) is 31.4 Å². The fourth-order valence-corrected chi connectivity index (χ4v) is 3.09. The van der Waals surface area contributed by atoms with Crippen LogP contribution in [0.15, 0.2) is 5.51 Å². The van der Waals surface area contributed by atoms with Gasteiger partial charge in [0.2, 0.25) is 0 Å². The van der Waals surface area contributed by atoms with Gasteiger partial charge in [0, 0.05) is 11.3 Å². The number of aromatic carboxylic acids is 1. The molecule has 4 nitrogen and oxygen atoms in total. The Morgan fingerprint density at radius 3 is 2.71 bits per heavy atom. The molecule has 0 aromatic carbocycles. The van der Waals surface area contributed by atoms with E-state index in [9.17, 15) is 4.79 Å². The molecule has 0 aliphatic rings. The molecule has 96 valence electrons. The van der Waals surface area contributed by atoms with Crippen LogP contribution < -0.4 is 5.32 Å². The van der Waals surface area contributed by atoms with Crippen molar-refractivity contribution in [3.8, 4) is 0 Å². The van der Waals surface area contributed by atoms with Crippen LogP contribution >= 0.6 is 23.1 Å². The van der Waals surface area contributed by atoms with Crippen LogP contribution in [-0.2, 0) is 0 Å². The molecule has 17 heavy (non-hydrogen) atoms. The van der Waals surface area contributed by atoms with Crippen LogP contribution in [0.3, 0.4) is 0 Å². The molecule has 0 atom stereocenters. The first-order valence-corrected chi connectivity index (χ1v) is 7.64. The van der Waals surface area contributed by atoms with Gasteiger partial charge in [-0.15, -0.1) is 11.3 Å². The minimum atomic E-state index is -0.975. The summed E-state index contributed by atoms with van der Waals surface area (Å²) in [6.45, 7) is 5.09. The summed E-state index contributed by atoms with van der Waals surface area (Å²) >= 11 is 3.17. The van der Waals surface area contributed by atoms with Crippen LogP contribution in [0.2, 0.25) is 0 Å². The Kier molecular flexibility index (Phi) is 5.27. The molecule has 0 amide bonds. The van der Waals surface area contributed by atoms with E-state index in [1.165, 1.54) is 11.3 Å². The number of carboxylic acid groups (broad SMARTS) is 1. The van der Waals surface area contributed by atoms with E-state index in [2.05, 4.69) is 30.4 Å². The number of hydrogen-bond donors (Lipinski definition) is 2. The van der Waals surface area contributed by atoms with Gasteiger partial charge in [0.15, 0.2) is 5.69 Å². The van der Waals surface area contributed by atoms with Gasteiger partial charge >= 0.3 is 5.97 Å². The fourth-order valence-electron chi connectivity index (χ4n) is 1.63. The molecule has 0 bridgehead atoms. The standard InChI is InChI=1S/C11H18N2O2S2/c1-4-11(5-2,16-3)6-12-9-8(10(14)15)13-7-17-9/h7,12H,4-6H2,1-3H3,(H,14,15). The van der Waals surface area contributed by atoms with Crippen molar-refractivity contribution in [2.75, 3.05) is 18.1 Å². The Morgan fingerprint density at radius 2 is 2.24 bits per heavy atom. The van der Waals surface area contributed by atoms with E-state index in [0.29, 0.717) is 5.00 Å². The zero-order valence-corrected chi connectivity index (χ0v) is 12.0. The van der Waals surface area contributed by atoms with Gasteiger partial charge < -0.3 is 10.4 Å². The molecule has 1 aromatic heterocycles. The summed E-state index contributed by atoms with van der Waals surface area (Å²) in [5.41, 5.74) is 1.68. The predicted octanol–water partition coefficient (Wildman–Crippen LogP) is 3.18. The Labute approximate surface area is 110 Å². The van der Waals surface area contributed by atoms with Crippen LogP contribution in [0.25, 0.3) is 0 Å². The SMILES string of the molecule is CCC(CC)(CNc1scnc1C(=O)O)SC. The lowest BCUT2D eigenvalue weighted by atomic mass is 10.0. The van der Waals surface area contributed by atoms with Crippen LogP contribution in [0.5, 0.6) is 0 Å². The number of carbonyl (C=O) groups is 1. The second kappa shape index (κ2) is 6.26. The van der Waals surface area contributed by atoms with Crippen molar-refractivity contribution in [3.63, 3.8) is 0 Å². The van der Waals surface area contributed by atoms with Gasteiger partial charge in [-0.25, -0.2) is 9.78 Å². The Bertz CT molecular complexity index is 367. The first-order chi connectivity index (χ1) is 8.08. The third-order valence-corrected chi connectivity index (χ3v) is 5.43. The number of thiazole rings is 1. The summed E-state index contributed by atoms with van der Waals surface area (Å²) < 4.78 is 0.166. The fraction of sp³-hybridized carbons (Fsp3) is 0.636. The smallest absolute Gasteiger partial charge is 0.357 e. The summed E-state index contributed by atoms with van der Waals surface area (Å²) in [5, 5.41) is 12.8. The highest BCUT2D eigenvalue weighted by Gasteiger charge is 2.25. The molecule has 0 saturated heterocycles. The summed E-state index contributed by atoms with van der Waals surface area (Å²) in [7, 11) is 0. The molecule has 0 unspecified atom stereocenters. The van der Waals surface area contributed by atoms with E-state index >= 15 is 0 Å². The van der Waals surface area contributed by atoms with Gasteiger partial charge in [-0.1, -0.05) is 13.8 Å². The second-order valence-electron chi connectivity index (χ2n) is 3.78. The van der Waals surface area contributed by atoms with Gasteiger partial charge in [-0.05, 0) is 19.1 Å². The van der Waals surface area contributed by atoms with Crippen molar-refractivity contribution in [2.24, 2.45) is 0 Å². The second-order valence-corrected chi connectivity index (χ2v) is 5.91. The summed E-state index contributed by atoms with van der Waals surface area (Å²) in [4.78, 5) is 14.8. The van der Waals surface area contributed by atoms with E-state index < -0.39 is 5.97 Å². The normalized spacial score (nSPS) is 11.5. The van der Waals surface area contributed by atoms with Crippen molar-refractivity contribution < 1.29 is 9.90 Å². The number of anilines is 1. The maximum atomic E-state index is 10.9. The number of aromatic nitrogens is 1. The minimum absolute atomic E-state index is 0.122. The largest absolute Gasteiger partial charge is 0.476 e.